The molecule has 0 saturated heterocycles. The first-order valence-corrected chi connectivity index (χ1v) is 10.9. The number of carboxylic acid groups (broad SMARTS) is 4. The molecular weight excluding hydrogens is 496 g/mol. The normalized spacial score (nSPS) is 10.4. The van der Waals surface area contributed by atoms with E-state index in [2.05, 4.69) is 0 Å². The van der Waals surface area contributed by atoms with E-state index >= 15 is 0 Å². The Morgan fingerprint density at radius 3 is 1.42 bits per heavy atom. The van der Waals surface area contributed by atoms with Crippen molar-refractivity contribution in [3.05, 3.63) is 107 Å². The zero-order chi connectivity index (χ0) is 27.4. The lowest BCUT2D eigenvalue weighted by Crippen LogP contribution is -2.08. The molecule has 0 spiro atoms. The van der Waals surface area contributed by atoms with Crippen LogP contribution in [0.3, 0.4) is 0 Å². The lowest BCUT2D eigenvalue weighted by Gasteiger charge is -2.15. The zero-order valence-corrected chi connectivity index (χ0v) is 19.3. The van der Waals surface area contributed by atoms with Crippen LogP contribution < -0.4 is 9.47 Å². The third kappa shape index (κ3) is 5.44. The van der Waals surface area contributed by atoms with Gasteiger partial charge >= 0.3 is 23.9 Å². The van der Waals surface area contributed by atoms with Gasteiger partial charge in [-0.2, -0.15) is 0 Å². The number of hydrogen-bond donors (Lipinski definition) is 4. The molecule has 4 aromatic rings. The maximum atomic E-state index is 11.6. The Morgan fingerprint density at radius 2 is 0.921 bits per heavy atom. The van der Waals surface area contributed by atoms with E-state index in [0.717, 1.165) is 24.3 Å². The van der Waals surface area contributed by atoms with E-state index in [1.165, 1.54) is 18.2 Å². The fourth-order valence-corrected chi connectivity index (χ4v) is 3.67. The molecule has 0 amide bonds. The largest absolute Gasteiger partial charge is 0.478 e. The van der Waals surface area contributed by atoms with E-state index in [-0.39, 0.29) is 28.4 Å². The molecule has 38 heavy (non-hydrogen) atoms. The monoisotopic (exact) mass is 514 g/mol. The van der Waals surface area contributed by atoms with Crippen LogP contribution >= 0.6 is 0 Å². The van der Waals surface area contributed by atoms with E-state index in [1.807, 2.05) is 6.07 Å². The number of rotatable bonds is 9. The standard InChI is InChI=1S/C28H18O10/c29-25(30)19-9-6-16(13-22(19)27(33)34)37-17-8-11-24(21(12-17)15-4-2-1-3-5-15)38-18-7-10-20(26(31)32)23(14-18)28(35)36/h1-14H,(H,29,30)(H,31,32)(H,33,34)(H,35,36). The summed E-state index contributed by atoms with van der Waals surface area (Å²) >= 11 is 0. The molecule has 190 valence electrons. The van der Waals surface area contributed by atoms with Crippen molar-refractivity contribution in [3.63, 3.8) is 0 Å². The molecule has 4 aromatic carbocycles. The van der Waals surface area contributed by atoms with Crippen molar-refractivity contribution in [2.45, 2.75) is 0 Å². The summed E-state index contributed by atoms with van der Waals surface area (Å²) < 4.78 is 11.7. The molecule has 10 nitrogen and oxygen atoms in total. The molecule has 4 rings (SSSR count). The summed E-state index contributed by atoms with van der Waals surface area (Å²) in [5, 5.41) is 37.3. The van der Waals surface area contributed by atoms with Gasteiger partial charge in [0.25, 0.3) is 0 Å². The number of aromatic carboxylic acids is 4. The molecule has 0 unspecified atom stereocenters. The van der Waals surface area contributed by atoms with Crippen LogP contribution in [0.2, 0.25) is 0 Å². The molecule has 0 saturated carbocycles. The van der Waals surface area contributed by atoms with E-state index in [4.69, 9.17) is 9.47 Å². The number of hydrogen-bond acceptors (Lipinski definition) is 6. The Bertz CT molecular complexity index is 1570. The summed E-state index contributed by atoms with van der Waals surface area (Å²) in [5.74, 6) is -4.85. The van der Waals surface area contributed by atoms with Gasteiger partial charge in [-0.25, -0.2) is 19.2 Å². The molecule has 0 bridgehead atoms. The maximum Gasteiger partial charge on any atom is 0.336 e. The third-order valence-corrected chi connectivity index (χ3v) is 5.40. The molecule has 0 aliphatic carbocycles. The molecule has 0 fully saturated rings. The van der Waals surface area contributed by atoms with Crippen LogP contribution in [0.1, 0.15) is 41.4 Å². The van der Waals surface area contributed by atoms with Crippen LogP contribution in [0.4, 0.5) is 0 Å². The molecule has 10 heteroatoms. The van der Waals surface area contributed by atoms with Crippen LogP contribution in [0.5, 0.6) is 23.0 Å². The Hall–Kier alpha value is -5.64. The minimum Gasteiger partial charge on any atom is -0.478 e. The van der Waals surface area contributed by atoms with Crippen molar-refractivity contribution >= 4 is 23.9 Å². The number of carbonyl (C=O) groups is 4. The zero-order valence-electron chi connectivity index (χ0n) is 19.3. The maximum absolute atomic E-state index is 11.6. The predicted octanol–water partition coefficient (Wildman–Crippen LogP) is 5.73. The number of carboxylic acids is 4. The molecule has 0 aliphatic rings. The second-order valence-corrected chi connectivity index (χ2v) is 7.86. The van der Waals surface area contributed by atoms with Crippen molar-refractivity contribution in [1.82, 2.24) is 0 Å². The Balaban J connectivity index is 1.73. The van der Waals surface area contributed by atoms with Gasteiger partial charge in [-0.1, -0.05) is 30.3 Å². The Morgan fingerprint density at radius 1 is 0.474 bits per heavy atom. The third-order valence-electron chi connectivity index (χ3n) is 5.40. The van der Waals surface area contributed by atoms with E-state index in [9.17, 15) is 39.6 Å². The van der Waals surface area contributed by atoms with Crippen molar-refractivity contribution < 1.29 is 49.1 Å². The van der Waals surface area contributed by atoms with Crippen LogP contribution in [0.15, 0.2) is 84.9 Å². The summed E-state index contributed by atoms with van der Waals surface area (Å²) in [7, 11) is 0. The fraction of sp³-hybridized carbons (Fsp3) is 0. The van der Waals surface area contributed by atoms with Crippen LogP contribution in [-0.4, -0.2) is 44.3 Å². The minimum absolute atomic E-state index is 0.0913. The summed E-state index contributed by atoms with van der Waals surface area (Å²) in [5.41, 5.74) is -0.392. The second kappa shape index (κ2) is 10.5. The highest BCUT2D eigenvalue weighted by Gasteiger charge is 2.19. The summed E-state index contributed by atoms with van der Waals surface area (Å²) in [6.45, 7) is 0. The highest BCUT2D eigenvalue weighted by atomic mass is 16.5. The van der Waals surface area contributed by atoms with Gasteiger partial charge in [0.05, 0.1) is 22.3 Å². The predicted molar refractivity (Wildman–Crippen MR) is 133 cm³/mol. The average molecular weight is 514 g/mol. The van der Waals surface area contributed by atoms with Crippen molar-refractivity contribution in [1.29, 1.82) is 0 Å². The molecule has 0 radical (unpaired) electrons. The number of ether oxygens (including phenoxy) is 2. The van der Waals surface area contributed by atoms with Gasteiger partial charge in [-0.15, -0.1) is 0 Å². The summed E-state index contributed by atoms with van der Waals surface area (Å²) in [6.07, 6.45) is 0. The first-order chi connectivity index (χ1) is 18.1. The smallest absolute Gasteiger partial charge is 0.336 e. The van der Waals surface area contributed by atoms with Crippen molar-refractivity contribution in [2.75, 3.05) is 0 Å². The van der Waals surface area contributed by atoms with Gasteiger partial charge in [-0.05, 0) is 60.2 Å². The van der Waals surface area contributed by atoms with E-state index < -0.39 is 35.0 Å². The van der Waals surface area contributed by atoms with Crippen LogP contribution in [-0.2, 0) is 0 Å². The highest BCUT2D eigenvalue weighted by Crippen LogP contribution is 2.38. The highest BCUT2D eigenvalue weighted by molar-refractivity contribution is 6.02. The summed E-state index contributed by atoms with van der Waals surface area (Å²) in [4.78, 5) is 45.7. The number of benzene rings is 4. The van der Waals surface area contributed by atoms with E-state index in [0.29, 0.717) is 16.9 Å². The summed E-state index contributed by atoms with van der Waals surface area (Å²) in [6, 6.07) is 20.8. The molecule has 0 heterocycles. The van der Waals surface area contributed by atoms with Gasteiger partial charge in [-0.3, -0.25) is 0 Å². The van der Waals surface area contributed by atoms with Crippen molar-refractivity contribution in [2.24, 2.45) is 0 Å². The van der Waals surface area contributed by atoms with Gasteiger partial charge in [0.15, 0.2) is 0 Å². The SMILES string of the molecule is O=C(O)c1ccc(Oc2ccc(Oc3ccc(C(=O)O)c(C(=O)O)c3)c(-c3ccccc3)c2)cc1C(=O)O. The molecule has 4 N–H and O–H groups in total. The van der Waals surface area contributed by atoms with Gasteiger partial charge in [0, 0.05) is 5.56 Å². The quantitative estimate of drug-likeness (QED) is 0.216. The lowest BCUT2D eigenvalue weighted by molar-refractivity contribution is 0.0651. The van der Waals surface area contributed by atoms with E-state index in [1.54, 1.807) is 36.4 Å². The first-order valence-electron chi connectivity index (χ1n) is 10.9. The fourth-order valence-electron chi connectivity index (χ4n) is 3.67. The lowest BCUT2D eigenvalue weighted by atomic mass is 10.0. The average Bonchev–Trinajstić information content (AvgIpc) is 2.89. The van der Waals surface area contributed by atoms with Crippen molar-refractivity contribution in [3.8, 4) is 34.1 Å². The topological polar surface area (TPSA) is 168 Å². The second-order valence-electron chi connectivity index (χ2n) is 7.86. The molecule has 0 aliphatic heterocycles. The van der Waals surface area contributed by atoms with Crippen LogP contribution in [0.25, 0.3) is 11.1 Å². The Kier molecular flexibility index (Phi) is 7.06. The van der Waals surface area contributed by atoms with Gasteiger partial charge in [0.1, 0.15) is 23.0 Å². The van der Waals surface area contributed by atoms with Crippen LogP contribution in [0, 0.1) is 0 Å². The molecule has 0 atom stereocenters. The first kappa shape index (κ1) is 25.5. The Labute approximate surface area is 214 Å². The molecule has 0 aromatic heterocycles. The van der Waals surface area contributed by atoms with Gasteiger partial charge in [0.2, 0.25) is 0 Å². The molecular formula is C28H18O10. The van der Waals surface area contributed by atoms with Gasteiger partial charge < -0.3 is 29.9 Å². The minimum atomic E-state index is -1.42.